The molecular formula is C10H16N4O. The van der Waals surface area contributed by atoms with Gasteiger partial charge in [-0.05, 0) is 12.5 Å². The third-order valence-electron chi connectivity index (χ3n) is 1.76. The molecule has 0 saturated carbocycles. The molecule has 1 N–H and O–H groups in total. The van der Waals surface area contributed by atoms with Gasteiger partial charge >= 0.3 is 0 Å². The molecule has 0 aliphatic heterocycles. The second-order valence-electron chi connectivity index (χ2n) is 2.97. The van der Waals surface area contributed by atoms with Crippen LogP contribution in [0.1, 0.15) is 12.1 Å². The van der Waals surface area contributed by atoms with Gasteiger partial charge < -0.3 is 10.2 Å². The van der Waals surface area contributed by atoms with Crippen LogP contribution in [0.15, 0.2) is 23.7 Å². The summed E-state index contributed by atoms with van der Waals surface area (Å²) >= 11 is 0. The summed E-state index contributed by atoms with van der Waals surface area (Å²) in [5, 5.41) is 4.05. The van der Waals surface area contributed by atoms with E-state index in [1.54, 1.807) is 19.5 Å². The van der Waals surface area contributed by atoms with Crippen molar-refractivity contribution in [2.45, 2.75) is 12.8 Å². The molecular weight excluding hydrogens is 192 g/mol. The van der Waals surface area contributed by atoms with Crippen LogP contribution in [-0.4, -0.2) is 36.4 Å². The van der Waals surface area contributed by atoms with Crippen LogP contribution in [0, 0.1) is 0 Å². The Morgan fingerprint density at radius 2 is 2.53 bits per heavy atom. The van der Waals surface area contributed by atoms with Crippen molar-refractivity contribution in [1.82, 2.24) is 15.4 Å². The molecule has 82 valence electrons. The molecule has 1 rings (SSSR count). The first-order valence-corrected chi connectivity index (χ1v) is 4.91. The summed E-state index contributed by atoms with van der Waals surface area (Å²) < 4.78 is 4.91. The second-order valence-corrected chi connectivity index (χ2v) is 2.97. The minimum atomic E-state index is 0.722. The fraction of sp³-hybridized carbons (Fsp3) is 0.500. The molecule has 0 radical (unpaired) electrons. The smallest absolute Gasteiger partial charge is 0.115 e. The number of rotatable bonds is 7. The van der Waals surface area contributed by atoms with Gasteiger partial charge in [0, 0.05) is 44.8 Å². The molecule has 1 aromatic rings. The number of methoxy groups -OCH3 is 1. The first-order valence-electron chi connectivity index (χ1n) is 4.91. The zero-order valence-electron chi connectivity index (χ0n) is 8.89. The Hall–Kier alpha value is -1.49. The van der Waals surface area contributed by atoms with Gasteiger partial charge in [0.1, 0.15) is 6.33 Å². The summed E-state index contributed by atoms with van der Waals surface area (Å²) in [5.41, 5.74) is 3.90. The number of aromatic nitrogens is 2. The lowest BCUT2D eigenvalue weighted by atomic mass is 10.3. The van der Waals surface area contributed by atoms with E-state index in [2.05, 4.69) is 20.5 Å². The van der Waals surface area contributed by atoms with Crippen LogP contribution >= 0.6 is 0 Å². The fourth-order valence-electron chi connectivity index (χ4n) is 1.00. The van der Waals surface area contributed by atoms with Gasteiger partial charge in [0.15, 0.2) is 0 Å². The zero-order valence-corrected chi connectivity index (χ0v) is 8.89. The molecule has 5 heteroatoms. The molecule has 1 aromatic heterocycles. The van der Waals surface area contributed by atoms with Crippen molar-refractivity contribution in [1.29, 1.82) is 0 Å². The second kappa shape index (κ2) is 7.87. The molecule has 0 spiro atoms. The van der Waals surface area contributed by atoms with E-state index in [-0.39, 0.29) is 0 Å². The lowest BCUT2D eigenvalue weighted by molar-refractivity contribution is 0.194. The summed E-state index contributed by atoms with van der Waals surface area (Å²) in [6, 6.07) is 1.87. The Labute approximate surface area is 89.6 Å². The quantitative estimate of drug-likeness (QED) is 0.405. The maximum atomic E-state index is 4.91. The van der Waals surface area contributed by atoms with Crippen molar-refractivity contribution in [2.24, 2.45) is 5.10 Å². The standard InChI is InChI=1S/C10H16N4O/c1-15-8-2-5-13-14-7-4-10-3-6-11-9-12-10/h3,6-7,9,13H,2,4-5,8H2,1H3/b14-7+. The third kappa shape index (κ3) is 5.74. The van der Waals surface area contributed by atoms with Crippen LogP contribution in [-0.2, 0) is 11.2 Å². The Morgan fingerprint density at radius 3 is 3.27 bits per heavy atom. The average Bonchev–Trinajstić information content (AvgIpc) is 2.29. The van der Waals surface area contributed by atoms with Crippen LogP contribution in [0.3, 0.4) is 0 Å². The van der Waals surface area contributed by atoms with Crippen molar-refractivity contribution in [2.75, 3.05) is 20.3 Å². The number of nitrogens with zero attached hydrogens (tertiary/aromatic N) is 3. The fourth-order valence-corrected chi connectivity index (χ4v) is 1.00. The number of hydrogen-bond donors (Lipinski definition) is 1. The monoisotopic (exact) mass is 208 g/mol. The maximum Gasteiger partial charge on any atom is 0.115 e. The van der Waals surface area contributed by atoms with Crippen LogP contribution in [0.4, 0.5) is 0 Å². The van der Waals surface area contributed by atoms with E-state index >= 15 is 0 Å². The molecule has 0 aliphatic carbocycles. The zero-order chi connectivity index (χ0) is 10.8. The van der Waals surface area contributed by atoms with Gasteiger partial charge in [0.05, 0.1) is 0 Å². The highest BCUT2D eigenvalue weighted by molar-refractivity contribution is 5.59. The van der Waals surface area contributed by atoms with E-state index in [1.165, 1.54) is 6.33 Å². The first-order chi connectivity index (χ1) is 7.43. The van der Waals surface area contributed by atoms with E-state index in [1.807, 2.05) is 6.07 Å². The molecule has 0 aromatic carbocycles. The SMILES string of the molecule is COCCCN/N=C/Cc1ccncn1. The van der Waals surface area contributed by atoms with Crippen molar-refractivity contribution in [3.63, 3.8) is 0 Å². The summed E-state index contributed by atoms with van der Waals surface area (Å²) in [6.07, 6.45) is 6.74. The van der Waals surface area contributed by atoms with E-state index < -0.39 is 0 Å². The van der Waals surface area contributed by atoms with E-state index in [0.717, 1.165) is 31.7 Å². The molecule has 0 amide bonds. The minimum Gasteiger partial charge on any atom is -0.385 e. The van der Waals surface area contributed by atoms with Gasteiger partial charge in [-0.3, -0.25) is 0 Å². The number of nitrogens with one attached hydrogen (secondary N) is 1. The van der Waals surface area contributed by atoms with Crippen molar-refractivity contribution in [3.05, 3.63) is 24.3 Å². The maximum absolute atomic E-state index is 4.91. The Kier molecular flexibility index (Phi) is 6.08. The van der Waals surface area contributed by atoms with Crippen molar-refractivity contribution in [3.8, 4) is 0 Å². The Balaban J connectivity index is 2.07. The van der Waals surface area contributed by atoms with Gasteiger partial charge in [-0.1, -0.05) is 0 Å². The van der Waals surface area contributed by atoms with Gasteiger partial charge in [0.2, 0.25) is 0 Å². The normalized spacial score (nSPS) is 10.7. The Bertz CT molecular complexity index is 276. The number of ether oxygens (including phenoxy) is 1. The average molecular weight is 208 g/mol. The van der Waals surface area contributed by atoms with Gasteiger partial charge in [-0.15, -0.1) is 0 Å². The Morgan fingerprint density at radius 1 is 1.60 bits per heavy atom. The van der Waals surface area contributed by atoms with Gasteiger partial charge in [-0.25, -0.2) is 9.97 Å². The number of hydrazone groups is 1. The van der Waals surface area contributed by atoms with Crippen molar-refractivity contribution < 1.29 is 4.74 Å². The van der Waals surface area contributed by atoms with E-state index in [0.29, 0.717) is 0 Å². The summed E-state index contributed by atoms with van der Waals surface area (Å²) in [4.78, 5) is 7.91. The first kappa shape index (κ1) is 11.6. The summed E-state index contributed by atoms with van der Waals surface area (Å²) in [5.74, 6) is 0. The van der Waals surface area contributed by atoms with Crippen LogP contribution < -0.4 is 5.43 Å². The van der Waals surface area contributed by atoms with Crippen LogP contribution in [0.5, 0.6) is 0 Å². The predicted molar refractivity (Wildman–Crippen MR) is 58.7 cm³/mol. The molecule has 0 fully saturated rings. The summed E-state index contributed by atoms with van der Waals surface area (Å²) in [6.45, 7) is 1.59. The van der Waals surface area contributed by atoms with Gasteiger partial charge in [0.25, 0.3) is 0 Å². The molecule has 0 atom stereocenters. The molecule has 0 aliphatic rings. The minimum absolute atomic E-state index is 0.722. The largest absolute Gasteiger partial charge is 0.385 e. The molecule has 1 heterocycles. The molecule has 0 bridgehead atoms. The molecule has 15 heavy (non-hydrogen) atoms. The lowest BCUT2D eigenvalue weighted by Gasteiger charge is -1.98. The summed E-state index contributed by atoms with van der Waals surface area (Å²) in [7, 11) is 1.69. The highest BCUT2D eigenvalue weighted by Crippen LogP contribution is 1.89. The van der Waals surface area contributed by atoms with E-state index in [4.69, 9.17) is 4.74 Å². The van der Waals surface area contributed by atoms with E-state index in [9.17, 15) is 0 Å². The van der Waals surface area contributed by atoms with Crippen molar-refractivity contribution >= 4 is 6.21 Å². The van der Waals surface area contributed by atoms with Crippen LogP contribution in [0.25, 0.3) is 0 Å². The topological polar surface area (TPSA) is 59.4 Å². The lowest BCUT2D eigenvalue weighted by Crippen LogP contribution is -2.10. The molecule has 0 unspecified atom stereocenters. The highest BCUT2D eigenvalue weighted by Gasteiger charge is 1.88. The number of hydrogen-bond acceptors (Lipinski definition) is 5. The molecule has 0 saturated heterocycles. The molecule has 5 nitrogen and oxygen atoms in total. The third-order valence-corrected chi connectivity index (χ3v) is 1.76. The van der Waals surface area contributed by atoms with Gasteiger partial charge in [-0.2, -0.15) is 5.10 Å². The van der Waals surface area contributed by atoms with Crippen LogP contribution in [0.2, 0.25) is 0 Å². The predicted octanol–water partition coefficient (Wildman–Crippen LogP) is 0.631. The highest BCUT2D eigenvalue weighted by atomic mass is 16.5.